The SMILES string of the molecule is CC(C)C1(CNC(=O)c2cccc([N+](=O)[O-])c2O)CC1. The van der Waals surface area contributed by atoms with Crippen LogP contribution < -0.4 is 5.32 Å². The van der Waals surface area contributed by atoms with Gasteiger partial charge in [-0.2, -0.15) is 0 Å². The largest absolute Gasteiger partial charge is 0.502 e. The van der Waals surface area contributed by atoms with Crippen LogP contribution in [-0.4, -0.2) is 22.5 Å². The van der Waals surface area contributed by atoms with Gasteiger partial charge in [-0.05, 0) is 30.2 Å². The molecule has 0 atom stereocenters. The van der Waals surface area contributed by atoms with Crippen LogP contribution in [-0.2, 0) is 0 Å². The maximum atomic E-state index is 12.0. The van der Waals surface area contributed by atoms with E-state index in [9.17, 15) is 20.0 Å². The highest BCUT2D eigenvalue weighted by Gasteiger charge is 2.45. The molecule has 0 heterocycles. The number of phenols is 1. The topological polar surface area (TPSA) is 92.5 Å². The number of benzene rings is 1. The maximum Gasteiger partial charge on any atom is 0.311 e. The van der Waals surface area contributed by atoms with E-state index in [2.05, 4.69) is 19.2 Å². The van der Waals surface area contributed by atoms with Crippen molar-refractivity contribution in [2.75, 3.05) is 6.54 Å². The molecule has 0 bridgehead atoms. The van der Waals surface area contributed by atoms with Crippen LogP contribution in [0.1, 0.15) is 37.0 Å². The fourth-order valence-electron chi connectivity index (χ4n) is 2.33. The second-order valence-electron chi connectivity index (χ2n) is 5.63. The van der Waals surface area contributed by atoms with Crippen molar-refractivity contribution >= 4 is 11.6 Å². The molecular weight excluding hydrogens is 260 g/mol. The molecule has 2 rings (SSSR count). The first-order valence-electron chi connectivity index (χ1n) is 6.62. The molecule has 0 spiro atoms. The van der Waals surface area contributed by atoms with E-state index in [1.165, 1.54) is 18.2 Å². The van der Waals surface area contributed by atoms with Gasteiger partial charge in [0.05, 0.1) is 10.5 Å². The number of aromatic hydroxyl groups is 1. The molecule has 1 amide bonds. The van der Waals surface area contributed by atoms with Crippen molar-refractivity contribution in [1.82, 2.24) is 5.32 Å². The molecule has 20 heavy (non-hydrogen) atoms. The van der Waals surface area contributed by atoms with Gasteiger partial charge in [-0.1, -0.05) is 19.9 Å². The number of nitro groups is 1. The molecular formula is C14H18N2O4. The Morgan fingerprint density at radius 2 is 2.15 bits per heavy atom. The van der Waals surface area contributed by atoms with Gasteiger partial charge >= 0.3 is 5.69 Å². The minimum atomic E-state index is -0.706. The van der Waals surface area contributed by atoms with Gasteiger partial charge in [0.25, 0.3) is 5.91 Å². The van der Waals surface area contributed by atoms with E-state index in [1.54, 1.807) is 0 Å². The van der Waals surface area contributed by atoms with Crippen molar-refractivity contribution in [3.63, 3.8) is 0 Å². The Balaban J connectivity index is 2.10. The molecule has 108 valence electrons. The summed E-state index contributed by atoms with van der Waals surface area (Å²) in [6.45, 7) is 4.76. The quantitative estimate of drug-likeness (QED) is 0.639. The number of carbonyl (C=O) groups is 1. The molecule has 0 radical (unpaired) electrons. The van der Waals surface area contributed by atoms with Crippen molar-refractivity contribution in [3.8, 4) is 5.75 Å². The highest BCUT2D eigenvalue weighted by atomic mass is 16.6. The Bertz CT molecular complexity index is 550. The van der Waals surface area contributed by atoms with E-state index >= 15 is 0 Å². The number of hydrogen-bond donors (Lipinski definition) is 2. The van der Waals surface area contributed by atoms with Gasteiger partial charge in [-0.3, -0.25) is 14.9 Å². The predicted molar refractivity (Wildman–Crippen MR) is 73.6 cm³/mol. The zero-order valence-electron chi connectivity index (χ0n) is 11.5. The second kappa shape index (κ2) is 5.11. The zero-order chi connectivity index (χ0) is 14.9. The Labute approximate surface area is 117 Å². The monoisotopic (exact) mass is 278 g/mol. The molecule has 1 saturated carbocycles. The summed E-state index contributed by atoms with van der Waals surface area (Å²) in [6, 6.07) is 3.94. The lowest BCUT2D eigenvalue weighted by atomic mass is 9.92. The molecule has 6 heteroatoms. The highest BCUT2D eigenvalue weighted by molar-refractivity contribution is 5.98. The highest BCUT2D eigenvalue weighted by Crippen LogP contribution is 2.51. The third kappa shape index (κ3) is 2.59. The molecule has 6 nitrogen and oxygen atoms in total. The maximum absolute atomic E-state index is 12.0. The Morgan fingerprint density at radius 1 is 1.50 bits per heavy atom. The molecule has 0 saturated heterocycles. The van der Waals surface area contributed by atoms with Crippen molar-refractivity contribution in [1.29, 1.82) is 0 Å². The summed E-state index contributed by atoms with van der Waals surface area (Å²) < 4.78 is 0. The molecule has 1 fully saturated rings. The number of rotatable bonds is 5. The van der Waals surface area contributed by atoms with Crippen LogP contribution in [0.4, 0.5) is 5.69 Å². The lowest BCUT2D eigenvalue weighted by Crippen LogP contribution is -2.32. The van der Waals surface area contributed by atoms with E-state index in [-0.39, 0.29) is 11.0 Å². The van der Waals surface area contributed by atoms with E-state index in [1.807, 2.05) is 0 Å². The van der Waals surface area contributed by atoms with Crippen LogP contribution in [0.5, 0.6) is 5.75 Å². The average Bonchev–Trinajstić information content (AvgIpc) is 3.17. The van der Waals surface area contributed by atoms with Crippen molar-refractivity contribution in [3.05, 3.63) is 33.9 Å². The van der Waals surface area contributed by atoms with Crippen molar-refractivity contribution in [2.45, 2.75) is 26.7 Å². The summed E-state index contributed by atoms with van der Waals surface area (Å²) in [5.74, 6) is -0.580. The smallest absolute Gasteiger partial charge is 0.311 e. The lowest BCUT2D eigenvalue weighted by Gasteiger charge is -2.20. The average molecular weight is 278 g/mol. The summed E-state index contributed by atoms with van der Waals surface area (Å²) in [4.78, 5) is 22.1. The molecule has 2 N–H and O–H groups in total. The minimum absolute atomic E-state index is 0.0567. The normalized spacial score (nSPS) is 15.9. The summed E-state index contributed by atoms with van der Waals surface area (Å²) in [5.41, 5.74) is -0.368. The van der Waals surface area contributed by atoms with Crippen LogP contribution in [0.15, 0.2) is 18.2 Å². The molecule has 0 aromatic heterocycles. The second-order valence-corrected chi connectivity index (χ2v) is 5.63. The number of nitrogens with one attached hydrogen (secondary N) is 1. The van der Waals surface area contributed by atoms with E-state index in [4.69, 9.17) is 0 Å². The predicted octanol–water partition coefficient (Wildman–Crippen LogP) is 2.47. The number of nitro benzene ring substituents is 1. The molecule has 0 unspecified atom stereocenters. The van der Waals surface area contributed by atoms with Gasteiger partial charge in [0.2, 0.25) is 5.75 Å². The van der Waals surface area contributed by atoms with E-state index in [0.717, 1.165) is 12.8 Å². The van der Waals surface area contributed by atoms with Gasteiger partial charge in [0.1, 0.15) is 0 Å². The Morgan fingerprint density at radius 3 is 2.65 bits per heavy atom. The summed E-state index contributed by atoms with van der Waals surface area (Å²) in [5, 5.41) is 23.3. The minimum Gasteiger partial charge on any atom is -0.502 e. The standard InChI is InChI=1S/C14H18N2O4/c1-9(2)14(6-7-14)8-15-13(18)10-4-3-5-11(12(10)17)16(19)20/h3-5,9,17H,6-8H2,1-2H3,(H,15,18). The number of carbonyl (C=O) groups excluding carboxylic acids is 1. The number of hydrogen-bond acceptors (Lipinski definition) is 4. The Hall–Kier alpha value is -2.11. The zero-order valence-corrected chi connectivity index (χ0v) is 11.5. The number of amides is 1. The van der Waals surface area contributed by atoms with Gasteiger partial charge in [0, 0.05) is 12.6 Å². The lowest BCUT2D eigenvalue weighted by molar-refractivity contribution is -0.385. The number of nitrogens with zero attached hydrogens (tertiary/aromatic N) is 1. The molecule has 1 aliphatic carbocycles. The summed E-state index contributed by atoms with van der Waals surface area (Å²) in [6.07, 6.45) is 2.15. The first-order valence-corrected chi connectivity index (χ1v) is 6.62. The van der Waals surface area contributed by atoms with Crippen molar-refractivity contribution < 1.29 is 14.8 Å². The van der Waals surface area contributed by atoms with Gasteiger partial charge in [-0.15, -0.1) is 0 Å². The third-order valence-electron chi connectivity index (χ3n) is 4.17. The van der Waals surface area contributed by atoms with Crippen LogP contribution in [0.25, 0.3) is 0 Å². The fraction of sp³-hybridized carbons (Fsp3) is 0.500. The third-order valence-corrected chi connectivity index (χ3v) is 4.17. The van der Waals surface area contributed by atoms with Gasteiger partial charge in [-0.25, -0.2) is 0 Å². The molecule has 0 aliphatic heterocycles. The van der Waals surface area contributed by atoms with E-state index < -0.39 is 22.3 Å². The van der Waals surface area contributed by atoms with Crippen LogP contribution >= 0.6 is 0 Å². The summed E-state index contributed by atoms with van der Waals surface area (Å²) in [7, 11) is 0. The summed E-state index contributed by atoms with van der Waals surface area (Å²) >= 11 is 0. The molecule has 1 aliphatic rings. The molecule has 1 aromatic carbocycles. The molecule has 1 aromatic rings. The first kappa shape index (κ1) is 14.3. The van der Waals surface area contributed by atoms with Crippen LogP contribution in [0, 0.1) is 21.4 Å². The Kier molecular flexibility index (Phi) is 3.65. The number of para-hydroxylation sites is 1. The van der Waals surface area contributed by atoms with Gasteiger partial charge < -0.3 is 10.4 Å². The fourth-order valence-corrected chi connectivity index (χ4v) is 2.33. The van der Waals surface area contributed by atoms with Crippen LogP contribution in [0.2, 0.25) is 0 Å². The van der Waals surface area contributed by atoms with Crippen LogP contribution in [0.3, 0.4) is 0 Å². The number of phenolic OH excluding ortho intramolecular Hbond substituents is 1. The van der Waals surface area contributed by atoms with Gasteiger partial charge in [0.15, 0.2) is 0 Å². The van der Waals surface area contributed by atoms with E-state index in [0.29, 0.717) is 12.5 Å². The first-order chi connectivity index (χ1) is 9.37. The van der Waals surface area contributed by atoms with Crippen molar-refractivity contribution in [2.24, 2.45) is 11.3 Å².